The maximum Gasteiger partial charge on any atom is 0.135 e. The largest absolute Gasteiger partial charge is 0.456 e. The average Bonchev–Trinajstić information content (AvgIpc) is 3.91. The molecule has 0 fully saturated rings. The second kappa shape index (κ2) is 11.8. The van der Waals surface area contributed by atoms with E-state index >= 15 is 0 Å². The van der Waals surface area contributed by atoms with E-state index < -0.39 is 0 Å². The predicted octanol–water partition coefficient (Wildman–Crippen LogP) is 16.3. The molecule has 2 aromatic heterocycles. The maximum atomic E-state index is 6.53. The van der Waals surface area contributed by atoms with Crippen LogP contribution in [0.3, 0.4) is 0 Å². The van der Waals surface area contributed by atoms with Crippen LogP contribution in [0.15, 0.2) is 191 Å². The smallest absolute Gasteiger partial charge is 0.135 e. The zero-order valence-electron chi connectivity index (χ0n) is 32.6. The van der Waals surface area contributed by atoms with Crippen LogP contribution in [0, 0.1) is 0 Å². The minimum Gasteiger partial charge on any atom is -0.456 e. The fourth-order valence-corrected chi connectivity index (χ4v) is 10.4. The first kappa shape index (κ1) is 32.6. The van der Waals surface area contributed by atoms with Crippen molar-refractivity contribution in [2.45, 2.75) is 19.3 Å². The SMILES string of the molecule is CC1(C)c2ccc(-c3ccc4oc5ccc(-c6c7ccccc7c(-c7ccc8oc9ccccc9c8c7)c7ccccc67)cc5c4c3)cc2-c2cc3ccccc3cc21. The zero-order chi connectivity index (χ0) is 39.0. The molecule has 12 aromatic rings. The first-order valence-corrected chi connectivity index (χ1v) is 20.5. The van der Waals surface area contributed by atoms with Gasteiger partial charge in [0, 0.05) is 27.0 Å². The molecular formula is C57H36O2. The Kier molecular flexibility index (Phi) is 6.54. The summed E-state index contributed by atoms with van der Waals surface area (Å²) in [5.41, 5.74) is 16.2. The maximum absolute atomic E-state index is 6.53. The van der Waals surface area contributed by atoms with E-state index in [2.05, 4.69) is 184 Å². The van der Waals surface area contributed by atoms with Gasteiger partial charge in [0.05, 0.1) is 0 Å². The van der Waals surface area contributed by atoms with Gasteiger partial charge in [-0.05, 0) is 149 Å². The molecule has 1 aliphatic carbocycles. The Balaban J connectivity index is 0.979. The van der Waals surface area contributed by atoms with Gasteiger partial charge in [0.1, 0.15) is 22.3 Å². The molecule has 1 aliphatic rings. The Bertz CT molecular complexity index is 3700. The van der Waals surface area contributed by atoms with Gasteiger partial charge < -0.3 is 8.83 Å². The number of para-hydroxylation sites is 1. The second-order valence-electron chi connectivity index (χ2n) is 16.8. The summed E-state index contributed by atoms with van der Waals surface area (Å²) in [5.74, 6) is 0. The molecule has 0 amide bonds. The van der Waals surface area contributed by atoms with Crippen LogP contribution < -0.4 is 0 Å². The van der Waals surface area contributed by atoms with Crippen molar-refractivity contribution in [3.8, 4) is 44.5 Å². The monoisotopic (exact) mass is 752 g/mol. The molecular weight excluding hydrogens is 717 g/mol. The summed E-state index contributed by atoms with van der Waals surface area (Å²) in [4.78, 5) is 0. The summed E-state index contributed by atoms with van der Waals surface area (Å²) in [6.07, 6.45) is 0. The molecule has 0 unspecified atom stereocenters. The lowest BCUT2D eigenvalue weighted by atomic mass is 9.81. The molecule has 0 spiro atoms. The molecule has 0 N–H and O–H groups in total. The van der Waals surface area contributed by atoms with E-state index in [1.54, 1.807) is 0 Å². The number of hydrogen-bond donors (Lipinski definition) is 0. The quantitative estimate of drug-likeness (QED) is 0.168. The van der Waals surface area contributed by atoms with E-state index in [9.17, 15) is 0 Å². The molecule has 0 saturated carbocycles. The highest BCUT2D eigenvalue weighted by molar-refractivity contribution is 6.23. The normalized spacial score (nSPS) is 13.4. The minimum absolute atomic E-state index is 0.0663. The molecule has 13 rings (SSSR count). The highest BCUT2D eigenvalue weighted by atomic mass is 16.3. The van der Waals surface area contributed by atoms with Crippen molar-refractivity contribution in [3.05, 3.63) is 193 Å². The van der Waals surface area contributed by atoms with Gasteiger partial charge >= 0.3 is 0 Å². The van der Waals surface area contributed by atoms with Gasteiger partial charge in [0.2, 0.25) is 0 Å². The van der Waals surface area contributed by atoms with E-state index in [1.165, 1.54) is 88.0 Å². The van der Waals surface area contributed by atoms with Gasteiger partial charge in [0.25, 0.3) is 0 Å². The Hall–Kier alpha value is -7.42. The number of furan rings is 2. The molecule has 0 bridgehead atoms. The second-order valence-corrected chi connectivity index (χ2v) is 16.8. The summed E-state index contributed by atoms with van der Waals surface area (Å²) < 4.78 is 12.8. The van der Waals surface area contributed by atoms with Crippen LogP contribution in [0.1, 0.15) is 25.0 Å². The topological polar surface area (TPSA) is 26.3 Å². The highest BCUT2D eigenvalue weighted by Crippen LogP contribution is 2.51. The Morgan fingerprint density at radius 3 is 1.31 bits per heavy atom. The van der Waals surface area contributed by atoms with Crippen molar-refractivity contribution < 1.29 is 8.83 Å². The van der Waals surface area contributed by atoms with E-state index in [0.29, 0.717) is 0 Å². The summed E-state index contributed by atoms with van der Waals surface area (Å²) in [6.45, 7) is 4.71. The van der Waals surface area contributed by atoms with Gasteiger partial charge in [-0.1, -0.05) is 135 Å². The zero-order valence-corrected chi connectivity index (χ0v) is 32.6. The molecule has 0 aliphatic heterocycles. The Labute approximate surface area is 340 Å². The number of rotatable bonds is 3. The molecule has 276 valence electrons. The molecule has 59 heavy (non-hydrogen) atoms. The summed E-state index contributed by atoms with van der Waals surface area (Å²) in [7, 11) is 0. The van der Waals surface area contributed by atoms with Gasteiger partial charge in [-0.2, -0.15) is 0 Å². The standard InChI is InChI=1S/C57H36O2/c1-57(2)49-23-19-35(28-44(49)45-27-33-11-3-4-12-34(33)32-50(45)57)36-20-24-53-47(29-36)48-31-38(22-26-54(48)59-53)56-42-16-7-5-14-40(42)55(41-15-6-8-17-43(41)56)37-21-25-52-46(30-37)39-13-9-10-18-51(39)58-52/h3-32H,1-2H3. The van der Waals surface area contributed by atoms with Gasteiger partial charge in [-0.25, -0.2) is 0 Å². The molecule has 2 heterocycles. The Morgan fingerprint density at radius 2 is 0.712 bits per heavy atom. The lowest BCUT2D eigenvalue weighted by molar-refractivity contribution is 0.661. The van der Waals surface area contributed by atoms with Gasteiger partial charge in [-0.15, -0.1) is 0 Å². The third-order valence-corrected chi connectivity index (χ3v) is 13.2. The van der Waals surface area contributed by atoms with Crippen molar-refractivity contribution in [1.29, 1.82) is 0 Å². The van der Waals surface area contributed by atoms with Crippen molar-refractivity contribution in [2.75, 3.05) is 0 Å². The van der Waals surface area contributed by atoms with Crippen molar-refractivity contribution in [2.24, 2.45) is 0 Å². The van der Waals surface area contributed by atoms with Gasteiger partial charge in [0.15, 0.2) is 0 Å². The van der Waals surface area contributed by atoms with Gasteiger partial charge in [-0.3, -0.25) is 0 Å². The van der Waals surface area contributed by atoms with Crippen molar-refractivity contribution >= 4 is 76.2 Å². The van der Waals surface area contributed by atoms with Crippen LogP contribution in [0.25, 0.3) is 121 Å². The molecule has 0 saturated heterocycles. The first-order chi connectivity index (χ1) is 29.0. The van der Waals surface area contributed by atoms with Crippen LogP contribution in [-0.2, 0) is 5.41 Å². The van der Waals surface area contributed by atoms with Crippen LogP contribution in [0.5, 0.6) is 0 Å². The molecule has 2 nitrogen and oxygen atoms in total. The van der Waals surface area contributed by atoms with Crippen LogP contribution in [0.4, 0.5) is 0 Å². The van der Waals surface area contributed by atoms with E-state index in [0.717, 1.165) is 43.9 Å². The molecule has 0 radical (unpaired) electrons. The van der Waals surface area contributed by atoms with Crippen LogP contribution in [-0.4, -0.2) is 0 Å². The van der Waals surface area contributed by atoms with Crippen LogP contribution >= 0.6 is 0 Å². The summed E-state index contributed by atoms with van der Waals surface area (Å²) >= 11 is 0. The van der Waals surface area contributed by atoms with E-state index in [-0.39, 0.29) is 5.41 Å². The summed E-state index contributed by atoms with van der Waals surface area (Å²) in [6, 6.07) is 66.6. The minimum atomic E-state index is -0.0663. The van der Waals surface area contributed by atoms with Crippen molar-refractivity contribution in [1.82, 2.24) is 0 Å². The van der Waals surface area contributed by atoms with E-state index in [1.807, 2.05) is 12.1 Å². The lowest BCUT2D eigenvalue weighted by Gasteiger charge is -2.22. The predicted molar refractivity (Wildman–Crippen MR) is 247 cm³/mol. The third kappa shape index (κ3) is 4.63. The first-order valence-electron chi connectivity index (χ1n) is 20.5. The molecule has 2 heteroatoms. The highest BCUT2D eigenvalue weighted by Gasteiger charge is 2.36. The fraction of sp³-hybridized carbons (Fsp3) is 0.0526. The third-order valence-electron chi connectivity index (χ3n) is 13.2. The summed E-state index contributed by atoms with van der Waals surface area (Å²) in [5, 5.41) is 12.0. The van der Waals surface area contributed by atoms with E-state index in [4.69, 9.17) is 8.83 Å². The van der Waals surface area contributed by atoms with Crippen LogP contribution in [0.2, 0.25) is 0 Å². The number of fused-ring (bicyclic) bond motifs is 12. The fourth-order valence-electron chi connectivity index (χ4n) is 10.4. The molecule has 10 aromatic carbocycles. The number of hydrogen-bond acceptors (Lipinski definition) is 2. The van der Waals surface area contributed by atoms with Crippen molar-refractivity contribution in [3.63, 3.8) is 0 Å². The molecule has 0 atom stereocenters. The average molecular weight is 753 g/mol. The lowest BCUT2D eigenvalue weighted by Crippen LogP contribution is -2.14. The number of benzene rings is 10. The Morgan fingerprint density at radius 1 is 0.305 bits per heavy atom.